The Morgan fingerprint density at radius 2 is 2.08 bits per heavy atom. The first kappa shape index (κ1) is 15.9. The van der Waals surface area contributed by atoms with Crippen molar-refractivity contribution in [1.29, 1.82) is 0 Å². The number of H-pyrrole nitrogens is 1. The second-order valence-corrected chi connectivity index (χ2v) is 5.70. The molecule has 7 heteroatoms. The van der Waals surface area contributed by atoms with Crippen molar-refractivity contribution in [3.8, 4) is 0 Å². The lowest BCUT2D eigenvalue weighted by molar-refractivity contribution is -0.121. The van der Waals surface area contributed by atoms with Crippen molar-refractivity contribution in [2.24, 2.45) is 0 Å². The Labute approximate surface area is 138 Å². The lowest BCUT2D eigenvalue weighted by Crippen LogP contribution is -2.28. The molecule has 24 heavy (non-hydrogen) atoms. The molecule has 0 radical (unpaired) electrons. The molecule has 2 N–H and O–H groups in total. The first-order valence-electron chi connectivity index (χ1n) is 7.82. The van der Waals surface area contributed by atoms with Crippen molar-refractivity contribution >= 4 is 11.7 Å². The number of nitrogens with one attached hydrogen (secondary N) is 2. The van der Waals surface area contributed by atoms with Gasteiger partial charge >= 0.3 is 0 Å². The second kappa shape index (κ2) is 6.66. The van der Waals surface area contributed by atoms with Crippen molar-refractivity contribution < 1.29 is 4.79 Å². The number of rotatable bonds is 5. The monoisotopic (exact) mass is 325 g/mol. The van der Waals surface area contributed by atoms with E-state index in [0.29, 0.717) is 23.5 Å². The number of carbonyl (C=O) groups is 1. The van der Waals surface area contributed by atoms with Gasteiger partial charge in [0.25, 0.3) is 11.3 Å². The Bertz CT molecular complexity index is 914. The Kier molecular flexibility index (Phi) is 4.41. The molecular weight excluding hydrogens is 306 g/mol. The summed E-state index contributed by atoms with van der Waals surface area (Å²) in [4.78, 5) is 32.8. The minimum atomic E-state index is -0.209. The van der Waals surface area contributed by atoms with Crippen LogP contribution < -0.4 is 10.9 Å². The first-order chi connectivity index (χ1) is 11.6. The molecule has 1 aromatic carbocycles. The van der Waals surface area contributed by atoms with Crippen LogP contribution >= 0.6 is 0 Å². The van der Waals surface area contributed by atoms with E-state index in [4.69, 9.17) is 0 Å². The van der Waals surface area contributed by atoms with Gasteiger partial charge in [-0.2, -0.15) is 4.52 Å². The summed E-state index contributed by atoms with van der Waals surface area (Å²) >= 11 is 0. The fourth-order valence-corrected chi connectivity index (χ4v) is 2.66. The van der Waals surface area contributed by atoms with Gasteiger partial charge in [-0.05, 0) is 25.8 Å². The van der Waals surface area contributed by atoms with Gasteiger partial charge in [-0.15, -0.1) is 0 Å². The standard InChI is InChI=1S/C17H19N5O2/c1-11(13-6-4-3-5-7-13)20-15(23)9-8-14-12(2)21-17-18-10-19-22(17)16(14)24/h3-7,10-11H,8-9H2,1-2H3,(H,20,23)(H,18,19,21). The van der Waals surface area contributed by atoms with Gasteiger partial charge in [0, 0.05) is 12.0 Å². The molecule has 1 amide bonds. The summed E-state index contributed by atoms with van der Waals surface area (Å²) in [7, 11) is 0. The minimum absolute atomic E-state index is 0.0749. The Balaban J connectivity index is 1.67. The largest absolute Gasteiger partial charge is 0.350 e. The van der Waals surface area contributed by atoms with Crippen molar-refractivity contribution in [3.05, 3.63) is 63.8 Å². The SMILES string of the molecule is Cc1nc2nc[nH]n2c(=O)c1CCC(=O)NC(C)c1ccccc1. The molecule has 3 aromatic rings. The molecule has 0 spiro atoms. The number of aryl methyl sites for hydroxylation is 1. The normalized spacial score (nSPS) is 12.2. The van der Waals surface area contributed by atoms with Crippen LogP contribution in [0.15, 0.2) is 41.5 Å². The lowest BCUT2D eigenvalue weighted by atomic mass is 10.1. The summed E-state index contributed by atoms with van der Waals surface area (Å²) in [6.45, 7) is 3.70. The van der Waals surface area contributed by atoms with Crippen molar-refractivity contribution in [3.63, 3.8) is 0 Å². The minimum Gasteiger partial charge on any atom is -0.350 e. The van der Waals surface area contributed by atoms with Gasteiger partial charge in [0.05, 0.1) is 11.7 Å². The molecule has 124 valence electrons. The van der Waals surface area contributed by atoms with Gasteiger partial charge in [0.2, 0.25) is 5.91 Å². The van der Waals surface area contributed by atoms with Crippen LogP contribution in [0.1, 0.15) is 36.2 Å². The van der Waals surface area contributed by atoms with Crippen molar-refractivity contribution in [1.82, 2.24) is 24.9 Å². The highest BCUT2D eigenvalue weighted by Crippen LogP contribution is 2.12. The maximum Gasteiger partial charge on any atom is 0.277 e. The highest BCUT2D eigenvalue weighted by molar-refractivity contribution is 5.76. The number of aromatic nitrogens is 4. The van der Waals surface area contributed by atoms with E-state index in [2.05, 4.69) is 20.4 Å². The van der Waals surface area contributed by atoms with Crippen LogP contribution in [0, 0.1) is 6.92 Å². The molecular formula is C17H19N5O2. The van der Waals surface area contributed by atoms with Gasteiger partial charge in [0.15, 0.2) is 0 Å². The maximum atomic E-state index is 12.4. The van der Waals surface area contributed by atoms with Crippen LogP contribution in [-0.2, 0) is 11.2 Å². The number of benzene rings is 1. The molecule has 1 atom stereocenters. The zero-order chi connectivity index (χ0) is 17.1. The summed E-state index contributed by atoms with van der Waals surface area (Å²) in [6, 6.07) is 9.68. The molecule has 0 fully saturated rings. The van der Waals surface area contributed by atoms with E-state index >= 15 is 0 Å². The van der Waals surface area contributed by atoms with E-state index in [9.17, 15) is 9.59 Å². The summed E-state index contributed by atoms with van der Waals surface area (Å²) in [5, 5.41) is 5.68. The fraction of sp³-hybridized carbons (Fsp3) is 0.294. The highest BCUT2D eigenvalue weighted by atomic mass is 16.1. The quantitative estimate of drug-likeness (QED) is 0.744. The first-order valence-corrected chi connectivity index (χ1v) is 7.82. The highest BCUT2D eigenvalue weighted by Gasteiger charge is 2.14. The van der Waals surface area contributed by atoms with E-state index in [0.717, 1.165) is 5.56 Å². The molecule has 7 nitrogen and oxygen atoms in total. The smallest absolute Gasteiger partial charge is 0.277 e. The third kappa shape index (κ3) is 3.19. The van der Waals surface area contributed by atoms with E-state index in [1.165, 1.54) is 10.8 Å². The molecule has 0 aliphatic rings. The Hall–Kier alpha value is -2.96. The van der Waals surface area contributed by atoms with Gasteiger partial charge in [-0.1, -0.05) is 30.3 Å². The van der Waals surface area contributed by atoms with Crippen LogP contribution in [0.4, 0.5) is 0 Å². The number of carbonyl (C=O) groups excluding carboxylic acids is 1. The Morgan fingerprint density at radius 3 is 2.83 bits per heavy atom. The summed E-state index contributed by atoms with van der Waals surface area (Å²) < 4.78 is 1.28. The molecule has 3 rings (SSSR count). The fourth-order valence-electron chi connectivity index (χ4n) is 2.66. The van der Waals surface area contributed by atoms with E-state index in [1.54, 1.807) is 6.92 Å². The molecule has 0 saturated heterocycles. The van der Waals surface area contributed by atoms with Crippen molar-refractivity contribution in [2.75, 3.05) is 0 Å². The van der Waals surface area contributed by atoms with Crippen molar-refractivity contribution in [2.45, 2.75) is 32.7 Å². The van der Waals surface area contributed by atoms with Crippen LogP contribution in [0.5, 0.6) is 0 Å². The van der Waals surface area contributed by atoms with Crippen LogP contribution in [-0.4, -0.2) is 25.5 Å². The number of aromatic amines is 1. The number of nitrogens with zero attached hydrogens (tertiary/aromatic N) is 3. The third-order valence-electron chi connectivity index (χ3n) is 4.01. The number of hydrogen-bond donors (Lipinski definition) is 2. The number of fused-ring (bicyclic) bond motifs is 1. The second-order valence-electron chi connectivity index (χ2n) is 5.70. The number of amides is 1. The lowest BCUT2D eigenvalue weighted by Gasteiger charge is -2.14. The average molecular weight is 325 g/mol. The van der Waals surface area contributed by atoms with E-state index in [-0.39, 0.29) is 23.9 Å². The molecule has 0 aliphatic carbocycles. The topological polar surface area (TPSA) is 92.2 Å². The van der Waals surface area contributed by atoms with Gasteiger partial charge in [-0.25, -0.2) is 9.97 Å². The van der Waals surface area contributed by atoms with Gasteiger partial charge < -0.3 is 5.32 Å². The van der Waals surface area contributed by atoms with E-state index in [1.807, 2.05) is 37.3 Å². The van der Waals surface area contributed by atoms with Crippen LogP contribution in [0.3, 0.4) is 0 Å². The predicted octanol–water partition coefficient (Wildman–Crippen LogP) is 1.54. The predicted molar refractivity (Wildman–Crippen MR) is 89.7 cm³/mol. The summed E-state index contributed by atoms with van der Waals surface area (Å²) in [6.07, 6.45) is 1.99. The average Bonchev–Trinajstić information content (AvgIpc) is 3.04. The molecule has 2 aromatic heterocycles. The zero-order valence-corrected chi connectivity index (χ0v) is 13.6. The molecule has 2 heterocycles. The maximum absolute atomic E-state index is 12.4. The molecule has 0 bridgehead atoms. The van der Waals surface area contributed by atoms with E-state index < -0.39 is 0 Å². The van der Waals surface area contributed by atoms with Gasteiger partial charge in [-0.3, -0.25) is 14.7 Å². The van der Waals surface area contributed by atoms with Gasteiger partial charge in [0.1, 0.15) is 6.33 Å². The Morgan fingerprint density at radius 1 is 1.33 bits per heavy atom. The third-order valence-corrected chi connectivity index (χ3v) is 4.01. The molecule has 0 saturated carbocycles. The summed E-state index contributed by atoms with van der Waals surface area (Å²) in [5.41, 5.74) is 1.97. The molecule has 0 aliphatic heterocycles. The van der Waals surface area contributed by atoms with Crippen LogP contribution in [0.25, 0.3) is 5.78 Å². The molecule has 1 unspecified atom stereocenters. The van der Waals surface area contributed by atoms with Crippen LogP contribution in [0.2, 0.25) is 0 Å². The number of hydrogen-bond acceptors (Lipinski definition) is 4. The summed E-state index contributed by atoms with van der Waals surface area (Å²) in [5.74, 6) is 0.239. The zero-order valence-electron chi connectivity index (χ0n) is 13.6.